The molecule has 0 aliphatic carbocycles. The van der Waals surface area contributed by atoms with Crippen molar-refractivity contribution in [2.24, 2.45) is 0 Å². The van der Waals surface area contributed by atoms with Gasteiger partial charge in [-0.25, -0.2) is 0 Å². The van der Waals surface area contributed by atoms with Crippen molar-refractivity contribution >= 4 is 38.0 Å². The van der Waals surface area contributed by atoms with Gasteiger partial charge in [0.25, 0.3) is 0 Å². The van der Waals surface area contributed by atoms with Crippen LogP contribution in [0.25, 0.3) is 0 Å². The maximum Gasteiger partial charge on any atom is 0.127 e. The summed E-state index contributed by atoms with van der Waals surface area (Å²) in [6.45, 7) is 0. The third-order valence-corrected chi connectivity index (χ3v) is 2.87. The Balaban J connectivity index is 3.25. The number of phenols is 1. The van der Waals surface area contributed by atoms with Gasteiger partial charge in [0, 0.05) is 10.2 Å². The van der Waals surface area contributed by atoms with Crippen LogP contribution >= 0.6 is 22.6 Å². The fraction of sp³-hybridized carbons (Fsp3) is 0. The minimum Gasteiger partial charge on any atom is -0.507 e. The molecule has 0 saturated heterocycles. The maximum absolute atomic E-state index is 9.23. The summed E-state index contributed by atoms with van der Waals surface area (Å²) in [4.78, 5) is 0. The van der Waals surface area contributed by atoms with E-state index in [2.05, 4.69) is 22.6 Å². The molecule has 0 aliphatic heterocycles. The first-order valence-electron chi connectivity index (χ1n) is 2.66. The Morgan fingerprint density at radius 3 is 2.56 bits per heavy atom. The number of benzene rings is 1. The van der Waals surface area contributed by atoms with Crippen LogP contribution in [0, 0.1) is 3.57 Å². The average molecular weight is 250 g/mol. The smallest absolute Gasteiger partial charge is 0.127 e. The summed E-state index contributed by atoms with van der Waals surface area (Å²) in [5, 5.41) is 10.3. The SMILES string of the molecule is Oc1c([SiH3])cccc1I. The fourth-order valence-electron chi connectivity index (χ4n) is 0.623. The van der Waals surface area contributed by atoms with E-state index in [9.17, 15) is 5.11 Å². The molecule has 1 aromatic rings. The lowest BCUT2D eigenvalue weighted by atomic mass is 10.3. The molecule has 1 nitrogen and oxygen atoms in total. The van der Waals surface area contributed by atoms with Crippen LogP contribution in [0.15, 0.2) is 18.2 Å². The van der Waals surface area contributed by atoms with E-state index in [0.29, 0.717) is 5.75 Å². The van der Waals surface area contributed by atoms with Gasteiger partial charge < -0.3 is 5.11 Å². The normalized spacial score (nSPS) is 9.89. The number of hydrogen-bond donors (Lipinski definition) is 1. The van der Waals surface area contributed by atoms with E-state index in [-0.39, 0.29) is 0 Å². The summed E-state index contributed by atoms with van der Waals surface area (Å²) in [5.41, 5.74) is 0. The first kappa shape index (κ1) is 7.08. The van der Waals surface area contributed by atoms with Crippen molar-refractivity contribution in [2.75, 3.05) is 0 Å². The Kier molecular flexibility index (Phi) is 2.12. The van der Waals surface area contributed by atoms with Crippen molar-refractivity contribution in [1.29, 1.82) is 0 Å². The minimum atomic E-state index is 0.463. The van der Waals surface area contributed by atoms with Crippen molar-refractivity contribution in [3.63, 3.8) is 0 Å². The number of para-hydroxylation sites is 1. The molecule has 0 aliphatic rings. The van der Waals surface area contributed by atoms with Crippen LogP contribution in [0.1, 0.15) is 0 Å². The number of hydrogen-bond acceptors (Lipinski definition) is 1. The molecule has 0 radical (unpaired) electrons. The average Bonchev–Trinajstić information content (AvgIpc) is 1.83. The predicted molar refractivity (Wildman–Crippen MR) is 50.4 cm³/mol. The van der Waals surface area contributed by atoms with Crippen LogP contribution in [0.2, 0.25) is 0 Å². The largest absolute Gasteiger partial charge is 0.507 e. The van der Waals surface area contributed by atoms with E-state index in [1.165, 1.54) is 0 Å². The van der Waals surface area contributed by atoms with Crippen LogP contribution in [0.3, 0.4) is 0 Å². The van der Waals surface area contributed by atoms with E-state index >= 15 is 0 Å². The lowest BCUT2D eigenvalue weighted by Gasteiger charge is -1.97. The van der Waals surface area contributed by atoms with Crippen LogP contribution < -0.4 is 5.19 Å². The highest BCUT2D eigenvalue weighted by Gasteiger charge is 1.96. The monoisotopic (exact) mass is 250 g/mol. The molecule has 0 heterocycles. The van der Waals surface area contributed by atoms with Crippen LogP contribution in [-0.4, -0.2) is 15.3 Å². The summed E-state index contributed by atoms with van der Waals surface area (Å²) < 4.78 is 0.945. The molecule has 0 saturated carbocycles. The quantitative estimate of drug-likeness (QED) is 0.507. The molecule has 3 heteroatoms. The zero-order valence-electron chi connectivity index (χ0n) is 5.06. The number of rotatable bonds is 0. The molecule has 0 unspecified atom stereocenters. The highest BCUT2D eigenvalue weighted by molar-refractivity contribution is 14.1. The molecule has 0 amide bonds. The topological polar surface area (TPSA) is 20.2 Å². The van der Waals surface area contributed by atoms with Crippen molar-refractivity contribution in [1.82, 2.24) is 0 Å². The lowest BCUT2D eigenvalue weighted by Crippen LogP contribution is -2.02. The van der Waals surface area contributed by atoms with Gasteiger partial charge in [-0.05, 0) is 33.8 Å². The summed E-state index contributed by atoms with van der Waals surface area (Å²) in [5.74, 6) is 0.463. The van der Waals surface area contributed by atoms with Gasteiger partial charge in [0.15, 0.2) is 0 Å². The van der Waals surface area contributed by atoms with Gasteiger partial charge in [-0.1, -0.05) is 12.1 Å². The second kappa shape index (κ2) is 2.70. The molecule has 1 N–H and O–H groups in total. The molecular weight excluding hydrogens is 243 g/mol. The summed E-state index contributed by atoms with van der Waals surface area (Å²) in [6, 6.07) is 5.81. The molecule has 9 heavy (non-hydrogen) atoms. The van der Waals surface area contributed by atoms with Gasteiger partial charge >= 0.3 is 0 Å². The first-order chi connectivity index (χ1) is 4.22. The van der Waals surface area contributed by atoms with E-state index in [1.54, 1.807) is 0 Å². The summed E-state index contributed by atoms with van der Waals surface area (Å²) >= 11 is 2.12. The van der Waals surface area contributed by atoms with E-state index in [1.807, 2.05) is 18.2 Å². The van der Waals surface area contributed by atoms with Gasteiger partial charge in [-0.2, -0.15) is 0 Å². The Hall–Kier alpha value is -0.0331. The molecule has 0 fully saturated rings. The second-order valence-corrected chi connectivity index (χ2v) is 4.14. The third-order valence-electron chi connectivity index (χ3n) is 1.19. The fourth-order valence-corrected chi connectivity index (χ4v) is 2.23. The molecule has 0 atom stereocenters. The van der Waals surface area contributed by atoms with E-state index in [0.717, 1.165) is 19.0 Å². The third kappa shape index (κ3) is 1.45. The highest BCUT2D eigenvalue weighted by atomic mass is 127. The molecule has 0 spiro atoms. The molecule has 1 rings (SSSR count). The Morgan fingerprint density at radius 2 is 2.11 bits per heavy atom. The maximum atomic E-state index is 9.23. The van der Waals surface area contributed by atoms with Crippen molar-refractivity contribution in [3.05, 3.63) is 21.8 Å². The van der Waals surface area contributed by atoms with Crippen LogP contribution in [0.4, 0.5) is 0 Å². The van der Waals surface area contributed by atoms with Gasteiger partial charge in [0.2, 0.25) is 0 Å². The number of halogens is 1. The van der Waals surface area contributed by atoms with Crippen molar-refractivity contribution in [3.8, 4) is 5.75 Å². The molecular formula is C6H7IOSi. The summed E-state index contributed by atoms with van der Waals surface area (Å²) in [6.07, 6.45) is 0. The number of aromatic hydroxyl groups is 1. The van der Waals surface area contributed by atoms with E-state index < -0.39 is 0 Å². The Morgan fingerprint density at radius 1 is 1.44 bits per heavy atom. The van der Waals surface area contributed by atoms with Gasteiger partial charge in [-0.3, -0.25) is 0 Å². The Bertz CT molecular complexity index is 204. The van der Waals surface area contributed by atoms with Gasteiger partial charge in [0.05, 0.1) is 3.57 Å². The van der Waals surface area contributed by atoms with Gasteiger partial charge in [0.1, 0.15) is 5.75 Å². The second-order valence-electron chi connectivity index (χ2n) is 1.91. The minimum absolute atomic E-state index is 0.463. The standard InChI is InChI=1S/C6H7IOSi/c7-4-2-1-3-5(9)6(4)8/h1-3,8H,9H3. The molecule has 0 bridgehead atoms. The van der Waals surface area contributed by atoms with Crippen molar-refractivity contribution < 1.29 is 5.11 Å². The molecule has 0 aromatic heterocycles. The zero-order chi connectivity index (χ0) is 6.85. The zero-order valence-corrected chi connectivity index (χ0v) is 9.21. The molecule has 48 valence electrons. The summed E-state index contributed by atoms with van der Waals surface area (Å²) in [7, 11) is 0.920. The highest BCUT2D eigenvalue weighted by Crippen LogP contribution is 2.14. The number of phenolic OH excluding ortho intramolecular Hbond substituents is 1. The van der Waals surface area contributed by atoms with Gasteiger partial charge in [-0.15, -0.1) is 0 Å². The Labute approximate surface area is 70.7 Å². The molecule has 1 aromatic carbocycles. The first-order valence-corrected chi connectivity index (χ1v) is 4.74. The van der Waals surface area contributed by atoms with Crippen molar-refractivity contribution in [2.45, 2.75) is 0 Å². The predicted octanol–water partition coefficient (Wildman–Crippen LogP) is -0.0125. The van der Waals surface area contributed by atoms with Crippen LogP contribution in [0.5, 0.6) is 5.75 Å². The lowest BCUT2D eigenvalue weighted by molar-refractivity contribution is 0.476. The van der Waals surface area contributed by atoms with Crippen LogP contribution in [-0.2, 0) is 0 Å². The van der Waals surface area contributed by atoms with E-state index in [4.69, 9.17) is 0 Å².